The fraction of sp³-hybridized carbons (Fsp3) is 0.538. The molecule has 3 heterocycles. The average molecular weight is 516 g/mol. The summed E-state index contributed by atoms with van der Waals surface area (Å²) in [6.07, 6.45) is 4.66. The second-order valence-electron chi connectivity index (χ2n) is 9.05. The Morgan fingerprint density at radius 3 is 2.58 bits per heavy atom. The molecule has 3 aromatic rings. The molecule has 1 aliphatic rings. The SMILES string of the molecule is CCCOc1ccc(S(=O)N2CCN(CCO)CC2)cc1-c1nc2c(CCC)cn(CC)c2c(=O)[nH]1. The standard InChI is InChI=1S/C26H37N5O4S/c1-4-7-19-18-30(6-3)24-23(19)27-25(28-26(24)33)21-17-20(8-9-22(21)35-16-5-2)36(34)31-12-10-29(11-13-31)14-15-32/h8-9,17-18,32H,4-7,10-16H2,1-3H3,(H,27,28,33). The van der Waals surface area contributed by atoms with Crippen LogP contribution < -0.4 is 10.3 Å². The average Bonchev–Trinajstić information content (AvgIpc) is 3.26. The van der Waals surface area contributed by atoms with Crippen molar-refractivity contribution in [3.8, 4) is 17.1 Å². The number of H-pyrrole nitrogens is 1. The highest BCUT2D eigenvalue weighted by molar-refractivity contribution is 7.82. The molecule has 2 aromatic heterocycles. The molecule has 10 heteroatoms. The van der Waals surface area contributed by atoms with Crippen molar-refractivity contribution in [3.63, 3.8) is 0 Å². The van der Waals surface area contributed by atoms with Gasteiger partial charge in [-0.2, -0.15) is 0 Å². The number of hydrogen-bond acceptors (Lipinski definition) is 6. The second-order valence-corrected chi connectivity index (χ2v) is 10.5. The molecule has 0 amide bonds. The van der Waals surface area contributed by atoms with Gasteiger partial charge in [0.1, 0.15) is 28.1 Å². The van der Waals surface area contributed by atoms with E-state index in [1.54, 1.807) is 0 Å². The third kappa shape index (κ3) is 5.56. The molecule has 1 saturated heterocycles. The molecule has 36 heavy (non-hydrogen) atoms. The molecule has 0 radical (unpaired) electrons. The van der Waals surface area contributed by atoms with Crippen LogP contribution in [0.5, 0.6) is 5.75 Å². The van der Waals surface area contributed by atoms with Gasteiger partial charge in [0.2, 0.25) is 0 Å². The minimum atomic E-state index is -1.36. The highest BCUT2D eigenvalue weighted by atomic mass is 32.2. The van der Waals surface area contributed by atoms with Crippen molar-refractivity contribution in [3.05, 3.63) is 40.3 Å². The number of aliphatic hydroxyl groups is 1. The van der Waals surface area contributed by atoms with Gasteiger partial charge in [0.25, 0.3) is 5.56 Å². The van der Waals surface area contributed by atoms with E-state index in [1.165, 1.54) is 0 Å². The summed E-state index contributed by atoms with van der Waals surface area (Å²) in [6.45, 7) is 11.0. The maximum atomic E-state index is 13.5. The van der Waals surface area contributed by atoms with Crippen molar-refractivity contribution < 1.29 is 14.1 Å². The topological polar surface area (TPSA) is 104 Å². The van der Waals surface area contributed by atoms with Crippen LogP contribution in [0.1, 0.15) is 39.2 Å². The van der Waals surface area contributed by atoms with Crippen LogP contribution in [0.2, 0.25) is 0 Å². The van der Waals surface area contributed by atoms with E-state index in [9.17, 15) is 14.1 Å². The second kappa shape index (κ2) is 12.1. The van der Waals surface area contributed by atoms with E-state index < -0.39 is 11.0 Å². The molecule has 1 aliphatic heterocycles. The molecule has 0 saturated carbocycles. The highest BCUT2D eigenvalue weighted by Gasteiger charge is 2.24. The number of hydrogen-bond donors (Lipinski definition) is 2. The smallest absolute Gasteiger partial charge is 0.275 e. The summed E-state index contributed by atoms with van der Waals surface area (Å²) in [5, 5.41) is 9.19. The van der Waals surface area contributed by atoms with Gasteiger partial charge in [0, 0.05) is 45.5 Å². The van der Waals surface area contributed by atoms with E-state index in [0.717, 1.165) is 37.9 Å². The van der Waals surface area contributed by atoms with Crippen LogP contribution in [0.15, 0.2) is 34.1 Å². The first kappa shape index (κ1) is 26.5. The lowest BCUT2D eigenvalue weighted by atomic mass is 10.1. The van der Waals surface area contributed by atoms with Crippen LogP contribution in [0.3, 0.4) is 0 Å². The zero-order valence-electron chi connectivity index (χ0n) is 21.5. The summed E-state index contributed by atoms with van der Waals surface area (Å²) in [5.41, 5.74) is 2.80. The van der Waals surface area contributed by atoms with Gasteiger partial charge < -0.3 is 19.4 Å². The molecule has 0 bridgehead atoms. The van der Waals surface area contributed by atoms with Crippen molar-refractivity contribution in [2.75, 3.05) is 45.9 Å². The molecule has 196 valence electrons. The molecule has 4 rings (SSSR count). The van der Waals surface area contributed by atoms with Crippen LogP contribution in [0.25, 0.3) is 22.4 Å². The summed E-state index contributed by atoms with van der Waals surface area (Å²) < 4.78 is 23.4. The number of aryl methyl sites for hydroxylation is 2. The number of aromatic nitrogens is 3. The Bertz CT molecular complexity index is 1260. The zero-order valence-corrected chi connectivity index (χ0v) is 22.3. The Morgan fingerprint density at radius 2 is 1.92 bits per heavy atom. The summed E-state index contributed by atoms with van der Waals surface area (Å²) in [5.74, 6) is 1.04. The lowest BCUT2D eigenvalue weighted by molar-refractivity contribution is 0.154. The number of aliphatic hydroxyl groups excluding tert-OH is 1. The van der Waals surface area contributed by atoms with Crippen LogP contribution in [-0.4, -0.2) is 79.0 Å². The van der Waals surface area contributed by atoms with Gasteiger partial charge in [0.05, 0.1) is 29.2 Å². The Labute approximate surface area is 214 Å². The molecular weight excluding hydrogens is 478 g/mol. The van der Waals surface area contributed by atoms with Crippen LogP contribution in [0, 0.1) is 0 Å². The Morgan fingerprint density at radius 1 is 1.14 bits per heavy atom. The number of benzene rings is 1. The number of nitrogens with zero attached hydrogens (tertiary/aromatic N) is 4. The monoisotopic (exact) mass is 515 g/mol. The van der Waals surface area contributed by atoms with E-state index in [2.05, 4.69) is 16.8 Å². The van der Waals surface area contributed by atoms with E-state index in [1.807, 2.05) is 47.1 Å². The van der Waals surface area contributed by atoms with Crippen molar-refractivity contribution in [1.82, 2.24) is 23.7 Å². The van der Waals surface area contributed by atoms with E-state index in [4.69, 9.17) is 9.72 Å². The predicted molar refractivity (Wildman–Crippen MR) is 143 cm³/mol. The van der Waals surface area contributed by atoms with Crippen molar-refractivity contribution in [2.24, 2.45) is 0 Å². The lowest BCUT2D eigenvalue weighted by Gasteiger charge is -2.33. The predicted octanol–water partition coefficient (Wildman–Crippen LogP) is 2.79. The number of nitrogens with one attached hydrogen (secondary N) is 1. The van der Waals surface area contributed by atoms with Crippen LogP contribution in [0.4, 0.5) is 0 Å². The Hall–Kier alpha value is -2.53. The number of ether oxygens (including phenoxy) is 1. The zero-order chi connectivity index (χ0) is 25.7. The number of rotatable bonds is 11. The molecular formula is C26H37N5O4S. The van der Waals surface area contributed by atoms with Crippen molar-refractivity contribution in [2.45, 2.75) is 51.5 Å². The number of aromatic amines is 1. The third-order valence-electron chi connectivity index (χ3n) is 6.51. The fourth-order valence-electron chi connectivity index (χ4n) is 4.65. The number of β-amino-alcohol motifs (C(OH)–C–C–N with tert-alkyl or cyclic N) is 1. The van der Waals surface area contributed by atoms with E-state index >= 15 is 0 Å². The quantitative estimate of drug-likeness (QED) is 0.407. The largest absolute Gasteiger partial charge is 0.493 e. The molecule has 1 aromatic carbocycles. The summed E-state index contributed by atoms with van der Waals surface area (Å²) in [6, 6.07) is 5.49. The summed E-state index contributed by atoms with van der Waals surface area (Å²) in [7, 11) is -1.36. The molecule has 1 atom stereocenters. The summed E-state index contributed by atoms with van der Waals surface area (Å²) in [4.78, 5) is 23.9. The van der Waals surface area contributed by atoms with Gasteiger partial charge in [-0.3, -0.25) is 9.69 Å². The van der Waals surface area contributed by atoms with Crippen molar-refractivity contribution >= 4 is 22.0 Å². The normalized spacial score (nSPS) is 16.0. The minimum Gasteiger partial charge on any atom is -0.493 e. The van der Waals surface area contributed by atoms with Crippen molar-refractivity contribution in [1.29, 1.82) is 0 Å². The van der Waals surface area contributed by atoms with E-state index in [0.29, 0.717) is 65.9 Å². The van der Waals surface area contributed by atoms with Gasteiger partial charge in [-0.25, -0.2) is 13.5 Å². The minimum absolute atomic E-state index is 0.128. The highest BCUT2D eigenvalue weighted by Crippen LogP contribution is 2.32. The fourth-order valence-corrected chi connectivity index (χ4v) is 5.85. The first-order valence-corrected chi connectivity index (χ1v) is 14.0. The first-order chi connectivity index (χ1) is 17.5. The van der Waals surface area contributed by atoms with Gasteiger partial charge >= 0.3 is 0 Å². The van der Waals surface area contributed by atoms with Gasteiger partial charge in [0.15, 0.2) is 0 Å². The maximum absolute atomic E-state index is 13.5. The molecule has 1 fully saturated rings. The van der Waals surface area contributed by atoms with Gasteiger partial charge in [-0.1, -0.05) is 20.3 Å². The number of fused-ring (bicyclic) bond motifs is 1. The Balaban J connectivity index is 1.74. The third-order valence-corrected chi connectivity index (χ3v) is 8.00. The van der Waals surface area contributed by atoms with Gasteiger partial charge in [-0.05, 0) is 43.5 Å². The molecule has 1 unspecified atom stereocenters. The molecule has 9 nitrogen and oxygen atoms in total. The maximum Gasteiger partial charge on any atom is 0.275 e. The van der Waals surface area contributed by atoms with Crippen LogP contribution >= 0.6 is 0 Å². The van der Waals surface area contributed by atoms with Gasteiger partial charge in [-0.15, -0.1) is 0 Å². The van der Waals surface area contributed by atoms with Crippen LogP contribution in [-0.2, 0) is 24.0 Å². The lowest BCUT2D eigenvalue weighted by Crippen LogP contribution is -2.47. The Kier molecular flexibility index (Phi) is 8.95. The summed E-state index contributed by atoms with van der Waals surface area (Å²) >= 11 is 0. The van der Waals surface area contributed by atoms with E-state index in [-0.39, 0.29) is 12.2 Å². The first-order valence-electron chi connectivity index (χ1n) is 12.9. The molecule has 0 spiro atoms. The molecule has 2 N–H and O–H groups in total. The molecule has 0 aliphatic carbocycles. The number of piperazine rings is 1.